The molecule has 1 aliphatic rings. The minimum Gasteiger partial charge on any atom is -0.373 e. The van der Waals surface area contributed by atoms with Crippen LogP contribution in [0.2, 0.25) is 0 Å². The van der Waals surface area contributed by atoms with E-state index in [1.54, 1.807) is 12.4 Å². The zero-order chi connectivity index (χ0) is 14.3. The molecule has 1 saturated carbocycles. The van der Waals surface area contributed by atoms with Crippen molar-refractivity contribution in [2.45, 2.75) is 64.0 Å². The van der Waals surface area contributed by atoms with E-state index >= 15 is 0 Å². The van der Waals surface area contributed by atoms with Gasteiger partial charge in [-0.25, -0.2) is 0 Å². The molecule has 20 heavy (non-hydrogen) atoms. The Kier molecular flexibility index (Phi) is 5.92. The second-order valence-corrected chi connectivity index (χ2v) is 5.58. The van der Waals surface area contributed by atoms with E-state index in [9.17, 15) is 0 Å². The molecule has 1 fully saturated rings. The van der Waals surface area contributed by atoms with E-state index < -0.39 is 0 Å². The molecule has 1 atom stereocenters. The van der Waals surface area contributed by atoms with Crippen molar-refractivity contribution in [3.63, 3.8) is 0 Å². The van der Waals surface area contributed by atoms with Crippen LogP contribution in [0, 0.1) is 0 Å². The molecule has 2 rings (SSSR count). The highest BCUT2D eigenvalue weighted by Crippen LogP contribution is 2.40. The van der Waals surface area contributed by atoms with Crippen molar-refractivity contribution >= 4 is 0 Å². The van der Waals surface area contributed by atoms with Crippen LogP contribution in [0.4, 0.5) is 0 Å². The molecule has 0 aromatic carbocycles. The Morgan fingerprint density at radius 2 is 2.05 bits per heavy atom. The van der Waals surface area contributed by atoms with Gasteiger partial charge in [0.1, 0.15) is 0 Å². The van der Waals surface area contributed by atoms with Gasteiger partial charge in [-0.3, -0.25) is 9.97 Å². The Labute approximate surface area is 122 Å². The molecule has 1 unspecified atom stereocenters. The van der Waals surface area contributed by atoms with Crippen molar-refractivity contribution in [3.8, 4) is 0 Å². The molecule has 1 aliphatic carbocycles. The van der Waals surface area contributed by atoms with Crippen molar-refractivity contribution in [1.29, 1.82) is 0 Å². The monoisotopic (exact) mass is 277 g/mol. The molecule has 1 aromatic heterocycles. The van der Waals surface area contributed by atoms with E-state index in [2.05, 4.69) is 29.1 Å². The predicted octanol–water partition coefficient (Wildman–Crippen LogP) is 3.26. The summed E-state index contributed by atoms with van der Waals surface area (Å²) in [5, 5.41) is 3.65. The third-order valence-corrected chi connectivity index (χ3v) is 4.14. The highest BCUT2D eigenvalue weighted by Gasteiger charge is 2.42. The third-order valence-electron chi connectivity index (χ3n) is 4.14. The summed E-state index contributed by atoms with van der Waals surface area (Å²) in [5.41, 5.74) is 0.898. The van der Waals surface area contributed by atoms with Crippen LogP contribution in [0.3, 0.4) is 0 Å². The summed E-state index contributed by atoms with van der Waals surface area (Å²) < 4.78 is 6.25. The second-order valence-electron chi connectivity index (χ2n) is 5.58. The number of nitrogens with one attached hydrogen (secondary N) is 1. The van der Waals surface area contributed by atoms with Crippen molar-refractivity contribution in [2.75, 3.05) is 13.2 Å². The van der Waals surface area contributed by atoms with Crippen LogP contribution in [0.15, 0.2) is 18.6 Å². The summed E-state index contributed by atoms with van der Waals surface area (Å²) in [6.45, 7) is 6.01. The molecular weight excluding hydrogens is 250 g/mol. The Morgan fingerprint density at radius 3 is 2.65 bits per heavy atom. The first-order chi connectivity index (χ1) is 9.82. The second kappa shape index (κ2) is 7.70. The standard InChI is InChI=1S/C16H27N3O/c1-3-10-19-15(14-13-17-11-12-18-14)16(20-4-2)8-6-5-7-9-16/h11-13,15,19H,3-10H2,1-2H3. The number of rotatable bonds is 7. The summed E-state index contributed by atoms with van der Waals surface area (Å²) in [7, 11) is 0. The van der Waals surface area contributed by atoms with Gasteiger partial charge < -0.3 is 10.1 Å². The normalized spacial score (nSPS) is 19.7. The van der Waals surface area contributed by atoms with Crippen LogP contribution < -0.4 is 5.32 Å². The van der Waals surface area contributed by atoms with Gasteiger partial charge in [-0.2, -0.15) is 0 Å². The first-order valence-corrected chi connectivity index (χ1v) is 7.95. The van der Waals surface area contributed by atoms with Gasteiger partial charge in [0.15, 0.2) is 0 Å². The molecule has 0 saturated heterocycles. The average molecular weight is 277 g/mol. The van der Waals surface area contributed by atoms with E-state index in [-0.39, 0.29) is 11.6 Å². The number of hydrogen-bond donors (Lipinski definition) is 1. The molecule has 0 bridgehead atoms. The lowest BCUT2D eigenvalue weighted by atomic mass is 9.78. The fourth-order valence-corrected chi connectivity index (χ4v) is 3.26. The maximum absolute atomic E-state index is 6.25. The largest absolute Gasteiger partial charge is 0.373 e. The zero-order valence-corrected chi connectivity index (χ0v) is 12.8. The van der Waals surface area contributed by atoms with Crippen LogP contribution >= 0.6 is 0 Å². The lowest BCUT2D eigenvalue weighted by molar-refractivity contribution is -0.0921. The Hall–Kier alpha value is -1.00. The van der Waals surface area contributed by atoms with Crippen LogP contribution in [-0.2, 0) is 4.74 Å². The van der Waals surface area contributed by atoms with Gasteiger partial charge in [-0.05, 0) is 32.7 Å². The van der Waals surface area contributed by atoms with Gasteiger partial charge in [-0.15, -0.1) is 0 Å². The Balaban J connectivity index is 2.26. The maximum Gasteiger partial charge on any atom is 0.0892 e. The zero-order valence-electron chi connectivity index (χ0n) is 12.8. The summed E-state index contributed by atoms with van der Waals surface area (Å²) >= 11 is 0. The number of aromatic nitrogens is 2. The number of hydrogen-bond acceptors (Lipinski definition) is 4. The van der Waals surface area contributed by atoms with Crippen molar-refractivity contribution in [3.05, 3.63) is 24.3 Å². The first kappa shape index (κ1) is 15.4. The number of nitrogens with zero attached hydrogens (tertiary/aromatic N) is 2. The molecular formula is C16H27N3O. The van der Waals surface area contributed by atoms with Crippen molar-refractivity contribution < 1.29 is 4.74 Å². The molecule has 0 spiro atoms. The summed E-state index contributed by atoms with van der Waals surface area (Å²) in [4.78, 5) is 8.77. The molecule has 4 heteroatoms. The maximum atomic E-state index is 6.25. The summed E-state index contributed by atoms with van der Waals surface area (Å²) in [5.74, 6) is 0. The minimum absolute atomic E-state index is 0.113. The lowest BCUT2D eigenvalue weighted by Crippen LogP contribution is -2.48. The SMILES string of the molecule is CCCNC(c1cnccn1)C1(OCC)CCCCC1. The number of ether oxygens (including phenoxy) is 1. The molecule has 4 nitrogen and oxygen atoms in total. The molecule has 0 aliphatic heterocycles. The lowest BCUT2D eigenvalue weighted by Gasteiger charge is -2.43. The Morgan fingerprint density at radius 1 is 1.25 bits per heavy atom. The fourth-order valence-electron chi connectivity index (χ4n) is 3.26. The van der Waals surface area contributed by atoms with Crippen LogP contribution in [0.25, 0.3) is 0 Å². The molecule has 1 heterocycles. The summed E-state index contributed by atoms with van der Waals surface area (Å²) in [6, 6.07) is 0.149. The van der Waals surface area contributed by atoms with E-state index in [4.69, 9.17) is 4.74 Å². The smallest absolute Gasteiger partial charge is 0.0892 e. The van der Waals surface area contributed by atoms with Gasteiger partial charge >= 0.3 is 0 Å². The van der Waals surface area contributed by atoms with Crippen molar-refractivity contribution in [2.24, 2.45) is 0 Å². The van der Waals surface area contributed by atoms with Crippen molar-refractivity contribution in [1.82, 2.24) is 15.3 Å². The van der Waals surface area contributed by atoms with Gasteiger partial charge in [0.2, 0.25) is 0 Å². The van der Waals surface area contributed by atoms with Crippen LogP contribution in [0.5, 0.6) is 0 Å². The van der Waals surface area contributed by atoms with Gasteiger partial charge in [0, 0.05) is 19.0 Å². The van der Waals surface area contributed by atoms with Crippen LogP contribution in [-0.4, -0.2) is 28.7 Å². The van der Waals surface area contributed by atoms with Crippen LogP contribution in [0.1, 0.15) is 64.1 Å². The molecule has 0 amide bonds. The van der Waals surface area contributed by atoms with E-state index in [0.29, 0.717) is 0 Å². The van der Waals surface area contributed by atoms with Gasteiger partial charge in [0.05, 0.1) is 23.5 Å². The first-order valence-electron chi connectivity index (χ1n) is 7.95. The Bertz CT molecular complexity index is 371. The predicted molar refractivity (Wildman–Crippen MR) is 80.5 cm³/mol. The molecule has 0 radical (unpaired) electrons. The highest BCUT2D eigenvalue weighted by molar-refractivity contribution is 5.11. The van der Waals surface area contributed by atoms with Gasteiger partial charge in [0.25, 0.3) is 0 Å². The fraction of sp³-hybridized carbons (Fsp3) is 0.750. The average Bonchev–Trinajstić information content (AvgIpc) is 2.50. The molecule has 112 valence electrons. The third kappa shape index (κ3) is 3.55. The minimum atomic E-state index is -0.113. The quantitative estimate of drug-likeness (QED) is 0.831. The highest BCUT2D eigenvalue weighted by atomic mass is 16.5. The summed E-state index contributed by atoms with van der Waals surface area (Å²) in [6.07, 6.45) is 12.5. The molecule has 1 aromatic rings. The topological polar surface area (TPSA) is 47.0 Å². The van der Waals surface area contributed by atoms with Gasteiger partial charge in [-0.1, -0.05) is 26.2 Å². The van der Waals surface area contributed by atoms with E-state index in [1.165, 1.54) is 19.3 Å². The van der Waals surface area contributed by atoms with E-state index in [1.807, 2.05) is 6.20 Å². The van der Waals surface area contributed by atoms with E-state index in [0.717, 1.165) is 38.1 Å². The molecule has 1 N–H and O–H groups in total.